The molecule has 0 saturated carbocycles. The molecule has 0 unspecified atom stereocenters. The van der Waals surface area contributed by atoms with Crippen LogP contribution in [0, 0.1) is 0 Å². The molecule has 0 saturated heterocycles. The van der Waals surface area contributed by atoms with Gasteiger partial charge in [-0.05, 0) is 37.6 Å². The number of hydrogen-bond acceptors (Lipinski definition) is 1. The number of halogens is 1. The fraction of sp³-hybridized carbons (Fsp3) is 0.250. The highest BCUT2D eigenvalue weighted by Gasteiger charge is 1.97. The van der Waals surface area contributed by atoms with E-state index in [1.807, 2.05) is 38.1 Å². The smallest absolute Gasteiger partial charge is 0.244 e. The van der Waals surface area contributed by atoms with Gasteiger partial charge in [-0.25, -0.2) is 0 Å². The Kier molecular flexibility index (Phi) is 4.56. The maximum atomic E-state index is 11.3. The summed E-state index contributed by atoms with van der Waals surface area (Å²) in [6, 6.07) is 7.96. The summed E-state index contributed by atoms with van der Waals surface area (Å²) in [6.07, 6.45) is 3.34. The third-order valence-electron chi connectivity index (χ3n) is 1.71. The molecule has 1 aromatic rings. The van der Waals surface area contributed by atoms with E-state index in [9.17, 15) is 4.79 Å². The van der Waals surface area contributed by atoms with Gasteiger partial charge in [0.2, 0.25) is 5.91 Å². The maximum Gasteiger partial charge on any atom is 0.244 e. The summed E-state index contributed by atoms with van der Waals surface area (Å²) < 4.78 is 1.01. The van der Waals surface area contributed by atoms with Gasteiger partial charge in [-0.2, -0.15) is 0 Å². The van der Waals surface area contributed by atoms with E-state index in [0.717, 1.165) is 10.0 Å². The Morgan fingerprint density at radius 3 is 2.80 bits per heavy atom. The number of rotatable bonds is 3. The minimum Gasteiger partial charge on any atom is -0.350 e. The molecular formula is C12H14BrNO. The third-order valence-corrected chi connectivity index (χ3v) is 2.20. The van der Waals surface area contributed by atoms with E-state index in [-0.39, 0.29) is 11.9 Å². The molecule has 0 aliphatic carbocycles. The lowest BCUT2D eigenvalue weighted by Gasteiger charge is -2.04. The average molecular weight is 268 g/mol. The van der Waals surface area contributed by atoms with Gasteiger partial charge in [-0.1, -0.05) is 28.1 Å². The van der Waals surface area contributed by atoms with Crippen LogP contribution < -0.4 is 5.32 Å². The molecule has 0 radical (unpaired) electrons. The van der Waals surface area contributed by atoms with Crippen LogP contribution in [0.2, 0.25) is 0 Å². The first kappa shape index (κ1) is 12.0. The summed E-state index contributed by atoms with van der Waals surface area (Å²) in [4.78, 5) is 11.3. The molecular weight excluding hydrogens is 254 g/mol. The van der Waals surface area contributed by atoms with Gasteiger partial charge in [0.25, 0.3) is 0 Å². The van der Waals surface area contributed by atoms with E-state index in [1.165, 1.54) is 0 Å². The van der Waals surface area contributed by atoms with E-state index in [2.05, 4.69) is 21.2 Å². The van der Waals surface area contributed by atoms with Gasteiger partial charge >= 0.3 is 0 Å². The molecule has 1 rings (SSSR count). The third kappa shape index (κ3) is 4.79. The standard InChI is InChI=1S/C12H14BrNO/c1-9(2)14-12(15)7-6-10-4-3-5-11(13)8-10/h3-9H,1-2H3,(H,14,15)/b7-6+. The van der Waals surface area contributed by atoms with Gasteiger partial charge in [-0.3, -0.25) is 4.79 Å². The summed E-state index contributed by atoms with van der Waals surface area (Å²) in [6.45, 7) is 3.87. The Morgan fingerprint density at radius 2 is 2.20 bits per heavy atom. The first-order chi connectivity index (χ1) is 7.08. The Hall–Kier alpha value is -1.09. The van der Waals surface area contributed by atoms with Crippen LogP contribution in [0.15, 0.2) is 34.8 Å². The van der Waals surface area contributed by atoms with Gasteiger partial charge in [-0.15, -0.1) is 0 Å². The maximum absolute atomic E-state index is 11.3. The first-order valence-corrected chi connectivity index (χ1v) is 5.61. The number of hydrogen-bond donors (Lipinski definition) is 1. The van der Waals surface area contributed by atoms with Gasteiger partial charge in [0.1, 0.15) is 0 Å². The van der Waals surface area contributed by atoms with Crippen LogP contribution in [0.3, 0.4) is 0 Å². The Morgan fingerprint density at radius 1 is 1.47 bits per heavy atom. The number of benzene rings is 1. The lowest BCUT2D eigenvalue weighted by molar-refractivity contribution is -0.116. The molecule has 0 heterocycles. The number of carbonyl (C=O) groups excluding carboxylic acids is 1. The van der Waals surface area contributed by atoms with Gasteiger partial charge in [0.15, 0.2) is 0 Å². The van der Waals surface area contributed by atoms with E-state index in [4.69, 9.17) is 0 Å². The van der Waals surface area contributed by atoms with Crippen molar-refractivity contribution in [3.05, 3.63) is 40.4 Å². The van der Waals surface area contributed by atoms with Crippen molar-refractivity contribution in [2.24, 2.45) is 0 Å². The molecule has 80 valence electrons. The van der Waals surface area contributed by atoms with E-state index in [1.54, 1.807) is 12.2 Å². The Balaban J connectivity index is 2.61. The van der Waals surface area contributed by atoms with E-state index < -0.39 is 0 Å². The Labute approximate surface area is 98.5 Å². The SMILES string of the molecule is CC(C)NC(=O)/C=C/c1cccc(Br)c1. The summed E-state index contributed by atoms with van der Waals surface area (Å²) >= 11 is 3.38. The van der Waals surface area contributed by atoms with Gasteiger partial charge < -0.3 is 5.32 Å². The highest BCUT2D eigenvalue weighted by molar-refractivity contribution is 9.10. The summed E-state index contributed by atoms with van der Waals surface area (Å²) in [7, 11) is 0. The monoisotopic (exact) mass is 267 g/mol. The number of carbonyl (C=O) groups is 1. The largest absolute Gasteiger partial charge is 0.350 e. The zero-order valence-corrected chi connectivity index (χ0v) is 10.4. The van der Waals surface area contributed by atoms with Crippen LogP contribution in [-0.2, 0) is 4.79 Å². The normalized spacial score (nSPS) is 10.9. The van der Waals surface area contributed by atoms with Gasteiger partial charge in [0, 0.05) is 16.6 Å². The topological polar surface area (TPSA) is 29.1 Å². The lowest BCUT2D eigenvalue weighted by Crippen LogP contribution is -2.28. The van der Waals surface area contributed by atoms with Crippen LogP contribution in [0.5, 0.6) is 0 Å². The summed E-state index contributed by atoms with van der Waals surface area (Å²) in [5.41, 5.74) is 1.00. The lowest BCUT2D eigenvalue weighted by atomic mass is 10.2. The van der Waals surface area contributed by atoms with E-state index >= 15 is 0 Å². The summed E-state index contributed by atoms with van der Waals surface area (Å²) in [5, 5.41) is 2.79. The molecule has 0 aliphatic rings. The van der Waals surface area contributed by atoms with Crippen LogP contribution in [0.25, 0.3) is 6.08 Å². The molecule has 0 spiro atoms. The fourth-order valence-electron chi connectivity index (χ4n) is 1.11. The van der Waals surface area contributed by atoms with Gasteiger partial charge in [0.05, 0.1) is 0 Å². The highest BCUT2D eigenvalue weighted by atomic mass is 79.9. The second-order valence-electron chi connectivity index (χ2n) is 3.55. The first-order valence-electron chi connectivity index (χ1n) is 4.82. The predicted molar refractivity (Wildman–Crippen MR) is 66.5 cm³/mol. The van der Waals surface area contributed by atoms with Crippen LogP contribution in [0.4, 0.5) is 0 Å². The molecule has 0 aromatic heterocycles. The molecule has 3 heteroatoms. The molecule has 0 bridgehead atoms. The minimum atomic E-state index is -0.0648. The van der Waals surface area contributed by atoms with Crippen LogP contribution in [0.1, 0.15) is 19.4 Å². The van der Waals surface area contributed by atoms with Crippen molar-refractivity contribution in [3.63, 3.8) is 0 Å². The molecule has 1 aromatic carbocycles. The fourth-order valence-corrected chi connectivity index (χ4v) is 1.53. The molecule has 0 aliphatic heterocycles. The molecule has 0 atom stereocenters. The zero-order valence-electron chi connectivity index (χ0n) is 8.83. The molecule has 2 nitrogen and oxygen atoms in total. The molecule has 0 fully saturated rings. The van der Waals surface area contributed by atoms with Crippen LogP contribution >= 0.6 is 15.9 Å². The number of nitrogens with one attached hydrogen (secondary N) is 1. The predicted octanol–water partition coefficient (Wildman–Crippen LogP) is 2.99. The molecule has 15 heavy (non-hydrogen) atoms. The van der Waals surface area contributed by atoms with Crippen molar-refractivity contribution in [1.29, 1.82) is 0 Å². The Bertz CT molecular complexity index is 372. The molecule has 1 amide bonds. The van der Waals surface area contributed by atoms with E-state index in [0.29, 0.717) is 0 Å². The molecule has 1 N–H and O–H groups in total. The van der Waals surface area contributed by atoms with Crippen molar-refractivity contribution in [2.75, 3.05) is 0 Å². The van der Waals surface area contributed by atoms with Crippen molar-refractivity contribution in [1.82, 2.24) is 5.32 Å². The number of amides is 1. The van der Waals surface area contributed by atoms with Crippen LogP contribution in [-0.4, -0.2) is 11.9 Å². The van der Waals surface area contributed by atoms with Crippen molar-refractivity contribution in [2.45, 2.75) is 19.9 Å². The zero-order chi connectivity index (χ0) is 11.3. The second kappa shape index (κ2) is 5.71. The highest BCUT2D eigenvalue weighted by Crippen LogP contribution is 2.12. The average Bonchev–Trinajstić information content (AvgIpc) is 2.14. The summed E-state index contributed by atoms with van der Waals surface area (Å²) in [5.74, 6) is -0.0648. The second-order valence-corrected chi connectivity index (χ2v) is 4.47. The van der Waals surface area contributed by atoms with Crippen molar-refractivity contribution < 1.29 is 4.79 Å². The van der Waals surface area contributed by atoms with Crippen molar-refractivity contribution in [3.8, 4) is 0 Å². The minimum absolute atomic E-state index is 0.0648. The van der Waals surface area contributed by atoms with Crippen molar-refractivity contribution >= 4 is 27.9 Å². The quantitative estimate of drug-likeness (QED) is 0.839.